The number of nitrogens with zero attached hydrogens (tertiary/aromatic N) is 4. The van der Waals surface area contributed by atoms with Gasteiger partial charge in [-0.05, 0) is 6.07 Å². The Balaban J connectivity index is 2.63. The van der Waals surface area contributed by atoms with Crippen LogP contribution in [-0.4, -0.2) is 34.0 Å². The fraction of sp³-hybridized carbons (Fsp3) is 0.300. The Morgan fingerprint density at radius 2 is 1.89 bits per heavy atom. The second-order valence-electron chi connectivity index (χ2n) is 4.00. The molecule has 0 aliphatic heterocycles. The molecular weight excluding hydrogens is 256 g/mol. The average Bonchev–Trinajstić information content (AvgIpc) is 2.64. The molecule has 0 aromatic carbocycles. The normalized spacial score (nSPS) is 11.7. The summed E-state index contributed by atoms with van der Waals surface area (Å²) in [6, 6.07) is 3.06. The standard InChI is InChI=1S/C10H12N4O3S/c1-13-5-4-7(6-8(13)15)9-11-12-10(14(9)2)18(3,16)17/h4-6H,1-3H3. The highest BCUT2D eigenvalue weighted by atomic mass is 32.2. The summed E-state index contributed by atoms with van der Waals surface area (Å²) in [6.07, 6.45) is 2.65. The zero-order valence-electron chi connectivity index (χ0n) is 10.2. The lowest BCUT2D eigenvalue weighted by molar-refractivity contribution is 0.584. The van der Waals surface area contributed by atoms with Crippen molar-refractivity contribution in [1.29, 1.82) is 0 Å². The van der Waals surface area contributed by atoms with Crippen LogP contribution in [0.1, 0.15) is 0 Å². The minimum Gasteiger partial charge on any atom is -0.319 e. The molecule has 0 aliphatic carbocycles. The number of rotatable bonds is 2. The predicted octanol–water partition coefficient (Wildman–Crippen LogP) is -0.416. The molecule has 0 saturated heterocycles. The van der Waals surface area contributed by atoms with Gasteiger partial charge in [0, 0.05) is 38.2 Å². The molecular formula is C10H12N4O3S. The van der Waals surface area contributed by atoms with Crippen LogP contribution in [0.5, 0.6) is 0 Å². The van der Waals surface area contributed by atoms with Crippen LogP contribution in [0.15, 0.2) is 28.3 Å². The van der Waals surface area contributed by atoms with E-state index in [0.717, 1.165) is 6.26 Å². The first-order valence-electron chi connectivity index (χ1n) is 5.07. The molecule has 0 bridgehead atoms. The third kappa shape index (κ3) is 2.06. The molecule has 0 unspecified atom stereocenters. The molecule has 0 atom stereocenters. The van der Waals surface area contributed by atoms with Crippen LogP contribution in [0.4, 0.5) is 0 Å². The van der Waals surface area contributed by atoms with E-state index in [4.69, 9.17) is 0 Å². The second kappa shape index (κ2) is 4.05. The van der Waals surface area contributed by atoms with Gasteiger partial charge in [0.1, 0.15) is 0 Å². The van der Waals surface area contributed by atoms with E-state index < -0.39 is 9.84 Å². The fourth-order valence-electron chi connectivity index (χ4n) is 1.58. The van der Waals surface area contributed by atoms with Crippen LogP contribution in [0.2, 0.25) is 0 Å². The van der Waals surface area contributed by atoms with E-state index in [0.29, 0.717) is 11.4 Å². The van der Waals surface area contributed by atoms with Crippen LogP contribution in [0.25, 0.3) is 11.4 Å². The lowest BCUT2D eigenvalue weighted by Crippen LogP contribution is -2.14. The quantitative estimate of drug-likeness (QED) is 0.738. The van der Waals surface area contributed by atoms with E-state index in [9.17, 15) is 13.2 Å². The zero-order valence-corrected chi connectivity index (χ0v) is 11.0. The minimum absolute atomic E-state index is 0.127. The third-order valence-electron chi connectivity index (χ3n) is 2.53. The number of aromatic nitrogens is 4. The molecule has 2 aromatic rings. The van der Waals surface area contributed by atoms with E-state index in [2.05, 4.69) is 10.2 Å². The molecule has 0 fully saturated rings. The van der Waals surface area contributed by atoms with Crippen LogP contribution in [0.3, 0.4) is 0 Å². The minimum atomic E-state index is -3.43. The highest BCUT2D eigenvalue weighted by Gasteiger charge is 2.18. The van der Waals surface area contributed by atoms with Gasteiger partial charge in [0.2, 0.25) is 15.0 Å². The first-order valence-corrected chi connectivity index (χ1v) is 6.96. The van der Waals surface area contributed by atoms with Gasteiger partial charge in [0.25, 0.3) is 5.56 Å². The summed E-state index contributed by atoms with van der Waals surface area (Å²) in [6.45, 7) is 0. The monoisotopic (exact) mass is 268 g/mol. The fourth-order valence-corrected chi connectivity index (χ4v) is 2.35. The molecule has 96 valence electrons. The van der Waals surface area contributed by atoms with Gasteiger partial charge in [-0.3, -0.25) is 4.79 Å². The number of hydrogen-bond donors (Lipinski definition) is 0. The van der Waals surface area contributed by atoms with E-state index in [-0.39, 0.29) is 10.7 Å². The topological polar surface area (TPSA) is 86.8 Å². The molecule has 0 radical (unpaired) electrons. The van der Waals surface area contributed by atoms with Crippen molar-refractivity contribution >= 4 is 9.84 Å². The van der Waals surface area contributed by atoms with Crippen molar-refractivity contribution in [3.63, 3.8) is 0 Å². The van der Waals surface area contributed by atoms with Gasteiger partial charge in [-0.1, -0.05) is 0 Å². The lowest BCUT2D eigenvalue weighted by Gasteiger charge is -2.03. The van der Waals surface area contributed by atoms with Crippen molar-refractivity contribution in [3.8, 4) is 11.4 Å². The maximum Gasteiger partial charge on any atom is 0.250 e. The Bertz CT molecular complexity index is 758. The predicted molar refractivity (Wildman–Crippen MR) is 64.8 cm³/mol. The molecule has 0 amide bonds. The molecule has 18 heavy (non-hydrogen) atoms. The summed E-state index contributed by atoms with van der Waals surface area (Å²) >= 11 is 0. The number of pyridine rings is 1. The third-order valence-corrected chi connectivity index (χ3v) is 3.55. The maximum atomic E-state index is 11.5. The summed E-state index contributed by atoms with van der Waals surface area (Å²) in [4.78, 5) is 11.5. The van der Waals surface area contributed by atoms with E-state index >= 15 is 0 Å². The second-order valence-corrected chi connectivity index (χ2v) is 5.91. The van der Waals surface area contributed by atoms with E-state index in [1.807, 2.05) is 0 Å². The molecule has 0 N–H and O–H groups in total. The summed E-state index contributed by atoms with van der Waals surface area (Å²) in [5.74, 6) is 0.341. The van der Waals surface area contributed by atoms with Crippen LogP contribution < -0.4 is 5.56 Å². The van der Waals surface area contributed by atoms with Crippen LogP contribution in [0, 0.1) is 0 Å². The van der Waals surface area contributed by atoms with Crippen molar-refractivity contribution in [2.75, 3.05) is 6.26 Å². The first-order chi connectivity index (χ1) is 8.30. The summed E-state index contributed by atoms with van der Waals surface area (Å²) < 4.78 is 25.6. The molecule has 0 saturated carbocycles. The van der Waals surface area contributed by atoms with Gasteiger partial charge in [-0.25, -0.2) is 8.42 Å². The van der Waals surface area contributed by atoms with Gasteiger partial charge in [0.05, 0.1) is 0 Å². The van der Waals surface area contributed by atoms with Crippen molar-refractivity contribution in [3.05, 3.63) is 28.7 Å². The van der Waals surface area contributed by atoms with Crippen LogP contribution in [-0.2, 0) is 23.9 Å². The van der Waals surface area contributed by atoms with Gasteiger partial charge in [-0.2, -0.15) is 0 Å². The first kappa shape index (κ1) is 12.5. The van der Waals surface area contributed by atoms with Gasteiger partial charge >= 0.3 is 0 Å². The van der Waals surface area contributed by atoms with E-state index in [1.165, 1.54) is 15.2 Å². The number of sulfone groups is 1. The summed E-state index contributed by atoms with van der Waals surface area (Å²) in [5.41, 5.74) is 0.333. The Kier molecular flexibility index (Phi) is 2.81. The molecule has 2 heterocycles. The SMILES string of the molecule is Cn1c(-c2ccn(C)c(=O)c2)nnc1S(C)(=O)=O. The lowest BCUT2D eigenvalue weighted by atomic mass is 10.2. The van der Waals surface area contributed by atoms with Crippen molar-refractivity contribution < 1.29 is 8.42 Å². The van der Waals surface area contributed by atoms with Gasteiger partial charge in [-0.15, -0.1) is 10.2 Å². The van der Waals surface area contributed by atoms with Crippen molar-refractivity contribution in [1.82, 2.24) is 19.3 Å². The summed E-state index contributed by atoms with van der Waals surface area (Å²) in [5, 5.41) is 7.31. The Morgan fingerprint density at radius 1 is 1.22 bits per heavy atom. The zero-order chi connectivity index (χ0) is 13.5. The van der Waals surface area contributed by atoms with Crippen molar-refractivity contribution in [2.45, 2.75) is 5.16 Å². The van der Waals surface area contributed by atoms with Gasteiger partial charge < -0.3 is 9.13 Å². The maximum absolute atomic E-state index is 11.5. The number of hydrogen-bond acceptors (Lipinski definition) is 5. The molecule has 2 rings (SSSR count). The highest BCUT2D eigenvalue weighted by molar-refractivity contribution is 7.90. The Morgan fingerprint density at radius 3 is 2.39 bits per heavy atom. The largest absolute Gasteiger partial charge is 0.319 e. The smallest absolute Gasteiger partial charge is 0.250 e. The Labute approximate surface area is 104 Å². The van der Waals surface area contributed by atoms with Crippen molar-refractivity contribution in [2.24, 2.45) is 14.1 Å². The highest BCUT2D eigenvalue weighted by Crippen LogP contribution is 2.17. The summed E-state index contributed by atoms with van der Waals surface area (Å²) in [7, 11) is -0.258. The molecule has 2 aromatic heterocycles. The van der Waals surface area contributed by atoms with Gasteiger partial charge in [0.15, 0.2) is 5.82 Å². The molecule has 7 nitrogen and oxygen atoms in total. The molecule has 0 aliphatic rings. The molecule has 8 heteroatoms. The molecule has 0 spiro atoms. The number of aryl methyl sites for hydroxylation is 1. The van der Waals surface area contributed by atoms with E-state index in [1.54, 1.807) is 26.4 Å². The van der Waals surface area contributed by atoms with Crippen LogP contribution >= 0.6 is 0 Å². The Hall–Kier alpha value is -1.96. The average molecular weight is 268 g/mol.